The van der Waals surface area contributed by atoms with Crippen LogP contribution in [-0.4, -0.2) is 20.7 Å². The first-order valence-corrected chi connectivity index (χ1v) is 7.47. The molecule has 0 saturated heterocycles. The molecule has 0 unspecified atom stereocenters. The highest BCUT2D eigenvalue weighted by Crippen LogP contribution is 2.38. The summed E-state index contributed by atoms with van der Waals surface area (Å²) in [6.07, 6.45) is 1.34. The molecule has 0 spiro atoms. The standard InChI is InChI=1S/C17H12N4O5/c1-10-4-6-11(7-5-10)17(22)19-16-14(21(25)26)9-13(20(23)24)12-3-2-8-18-15(12)16/h2-9H,1H3,(H,19,22). The van der Waals surface area contributed by atoms with E-state index >= 15 is 0 Å². The van der Waals surface area contributed by atoms with Crippen LogP contribution in [-0.2, 0) is 0 Å². The number of nitrogens with zero attached hydrogens (tertiary/aromatic N) is 3. The number of benzene rings is 2. The molecule has 2 aromatic carbocycles. The molecule has 26 heavy (non-hydrogen) atoms. The molecule has 0 aliphatic heterocycles. The van der Waals surface area contributed by atoms with Gasteiger partial charge in [-0.15, -0.1) is 0 Å². The van der Waals surface area contributed by atoms with Crippen molar-refractivity contribution in [3.8, 4) is 0 Å². The van der Waals surface area contributed by atoms with Gasteiger partial charge in [-0.1, -0.05) is 17.7 Å². The SMILES string of the molecule is Cc1ccc(C(=O)Nc2c([N+](=O)[O-])cc([N+](=O)[O-])c3cccnc23)cc1. The van der Waals surface area contributed by atoms with E-state index in [0.717, 1.165) is 11.6 Å². The molecule has 0 saturated carbocycles. The number of aromatic nitrogens is 1. The first-order valence-electron chi connectivity index (χ1n) is 7.47. The minimum atomic E-state index is -0.786. The van der Waals surface area contributed by atoms with Crippen LogP contribution in [0.1, 0.15) is 15.9 Å². The molecular weight excluding hydrogens is 340 g/mol. The average molecular weight is 352 g/mol. The van der Waals surface area contributed by atoms with Crippen molar-refractivity contribution in [2.24, 2.45) is 0 Å². The number of pyridine rings is 1. The summed E-state index contributed by atoms with van der Waals surface area (Å²) in [5.41, 5.74) is 0.00875. The van der Waals surface area contributed by atoms with Crippen molar-refractivity contribution in [1.29, 1.82) is 0 Å². The molecule has 9 heteroatoms. The Bertz CT molecular complexity index is 1050. The quantitative estimate of drug-likeness (QED) is 0.564. The van der Waals surface area contributed by atoms with Gasteiger partial charge in [0.25, 0.3) is 11.6 Å². The number of anilines is 1. The van der Waals surface area contributed by atoms with E-state index in [1.165, 1.54) is 18.3 Å². The number of non-ortho nitro benzene ring substituents is 1. The van der Waals surface area contributed by atoms with E-state index in [1.807, 2.05) is 6.92 Å². The third-order valence-corrected chi connectivity index (χ3v) is 3.80. The van der Waals surface area contributed by atoms with Crippen molar-refractivity contribution >= 4 is 33.9 Å². The highest BCUT2D eigenvalue weighted by molar-refractivity contribution is 6.12. The van der Waals surface area contributed by atoms with Crippen molar-refractivity contribution in [2.75, 3.05) is 5.32 Å². The van der Waals surface area contributed by atoms with E-state index in [9.17, 15) is 25.0 Å². The van der Waals surface area contributed by atoms with E-state index in [1.54, 1.807) is 24.3 Å². The van der Waals surface area contributed by atoms with Gasteiger partial charge in [0, 0.05) is 11.8 Å². The minimum Gasteiger partial charge on any atom is -0.314 e. The Morgan fingerprint density at radius 2 is 1.69 bits per heavy atom. The predicted molar refractivity (Wildman–Crippen MR) is 94.2 cm³/mol. The van der Waals surface area contributed by atoms with Crippen molar-refractivity contribution in [3.63, 3.8) is 0 Å². The van der Waals surface area contributed by atoms with Gasteiger partial charge in [-0.2, -0.15) is 0 Å². The molecule has 0 fully saturated rings. The lowest BCUT2D eigenvalue weighted by Crippen LogP contribution is -2.14. The summed E-state index contributed by atoms with van der Waals surface area (Å²) < 4.78 is 0. The molecule has 1 N–H and O–H groups in total. The largest absolute Gasteiger partial charge is 0.314 e. The Balaban J connectivity index is 2.18. The van der Waals surface area contributed by atoms with E-state index in [0.29, 0.717) is 5.56 Å². The molecule has 1 heterocycles. The Morgan fingerprint density at radius 3 is 2.31 bits per heavy atom. The highest BCUT2D eigenvalue weighted by Gasteiger charge is 2.27. The minimum absolute atomic E-state index is 0.0196. The predicted octanol–water partition coefficient (Wildman–Crippen LogP) is 3.61. The number of fused-ring (bicyclic) bond motifs is 1. The topological polar surface area (TPSA) is 128 Å². The van der Waals surface area contributed by atoms with Gasteiger partial charge in [-0.3, -0.25) is 30.0 Å². The third kappa shape index (κ3) is 3.05. The molecule has 0 aliphatic carbocycles. The van der Waals surface area contributed by atoms with Gasteiger partial charge in [0.1, 0.15) is 11.2 Å². The van der Waals surface area contributed by atoms with Gasteiger partial charge in [0.05, 0.1) is 21.3 Å². The molecule has 130 valence electrons. The van der Waals surface area contributed by atoms with Crippen molar-refractivity contribution in [3.05, 3.63) is 80.0 Å². The van der Waals surface area contributed by atoms with E-state index in [4.69, 9.17) is 0 Å². The number of nitro groups is 2. The van der Waals surface area contributed by atoms with Gasteiger partial charge in [-0.05, 0) is 31.2 Å². The van der Waals surface area contributed by atoms with Gasteiger partial charge in [0.2, 0.25) is 0 Å². The van der Waals surface area contributed by atoms with Gasteiger partial charge < -0.3 is 5.32 Å². The van der Waals surface area contributed by atoms with Crippen LogP contribution in [0.2, 0.25) is 0 Å². The Labute approximate surface area is 146 Å². The number of carbonyl (C=O) groups is 1. The van der Waals surface area contributed by atoms with Crippen LogP contribution in [0.3, 0.4) is 0 Å². The molecule has 0 radical (unpaired) electrons. The first kappa shape index (κ1) is 17.0. The number of hydrogen-bond donors (Lipinski definition) is 1. The monoisotopic (exact) mass is 352 g/mol. The first-order chi connectivity index (χ1) is 12.4. The zero-order chi connectivity index (χ0) is 18.8. The highest BCUT2D eigenvalue weighted by atomic mass is 16.6. The summed E-state index contributed by atoms with van der Waals surface area (Å²) in [6, 6.07) is 10.4. The summed E-state index contributed by atoms with van der Waals surface area (Å²) in [4.78, 5) is 37.6. The molecule has 0 aliphatic rings. The van der Waals surface area contributed by atoms with Gasteiger partial charge >= 0.3 is 5.69 Å². The Hall–Kier alpha value is -3.88. The third-order valence-electron chi connectivity index (χ3n) is 3.80. The molecule has 0 atom stereocenters. The normalized spacial score (nSPS) is 10.5. The fourth-order valence-electron chi connectivity index (χ4n) is 2.52. The fourth-order valence-corrected chi connectivity index (χ4v) is 2.52. The second-order valence-corrected chi connectivity index (χ2v) is 5.52. The molecule has 0 bridgehead atoms. The van der Waals surface area contributed by atoms with Crippen LogP contribution in [0.15, 0.2) is 48.7 Å². The summed E-state index contributed by atoms with van der Waals surface area (Å²) in [5, 5.41) is 25.2. The van der Waals surface area contributed by atoms with Crippen LogP contribution < -0.4 is 5.32 Å². The number of nitrogens with one attached hydrogen (secondary N) is 1. The number of nitro benzene ring substituents is 2. The maximum Gasteiger partial charge on any atom is 0.301 e. The van der Waals surface area contributed by atoms with E-state index in [2.05, 4.69) is 10.3 Å². The number of aryl methyl sites for hydroxylation is 1. The number of amides is 1. The van der Waals surface area contributed by atoms with Gasteiger partial charge in [-0.25, -0.2) is 0 Å². The summed E-state index contributed by atoms with van der Waals surface area (Å²) in [5.74, 6) is -0.575. The molecule has 3 aromatic rings. The summed E-state index contributed by atoms with van der Waals surface area (Å²) >= 11 is 0. The van der Waals surface area contributed by atoms with E-state index in [-0.39, 0.29) is 16.6 Å². The lowest BCUT2D eigenvalue weighted by molar-refractivity contribution is -0.392. The number of hydrogen-bond acceptors (Lipinski definition) is 6. The lowest BCUT2D eigenvalue weighted by atomic mass is 10.1. The maximum absolute atomic E-state index is 12.5. The van der Waals surface area contributed by atoms with Crippen molar-refractivity contribution in [2.45, 2.75) is 6.92 Å². The van der Waals surface area contributed by atoms with Crippen LogP contribution in [0.25, 0.3) is 10.9 Å². The molecule has 3 rings (SSSR count). The second-order valence-electron chi connectivity index (χ2n) is 5.52. The average Bonchev–Trinajstić information content (AvgIpc) is 2.61. The zero-order valence-corrected chi connectivity index (χ0v) is 13.5. The van der Waals surface area contributed by atoms with Crippen molar-refractivity contribution in [1.82, 2.24) is 4.98 Å². The van der Waals surface area contributed by atoms with E-state index < -0.39 is 27.1 Å². The smallest absolute Gasteiger partial charge is 0.301 e. The van der Waals surface area contributed by atoms with Gasteiger partial charge in [0.15, 0.2) is 0 Å². The molecule has 1 amide bonds. The van der Waals surface area contributed by atoms with Crippen LogP contribution in [0.5, 0.6) is 0 Å². The van der Waals surface area contributed by atoms with Crippen LogP contribution in [0.4, 0.5) is 17.1 Å². The Kier molecular flexibility index (Phi) is 4.27. The molecule has 9 nitrogen and oxygen atoms in total. The second kappa shape index (κ2) is 6.55. The number of carbonyl (C=O) groups excluding carboxylic acids is 1. The van der Waals surface area contributed by atoms with Crippen molar-refractivity contribution < 1.29 is 14.6 Å². The maximum atomic E-state index is 12.5. The molecular formula is C17H12N4O5. The van der Waals surface area contributed by atoms with Crippen LogP contribution in [0, 0.1) is 27.2 Å². The summed E-state index contributed by atoms with van der Waals surface area (Å²) in [7, 11) is 0. The zero-order valence-electron chi connectivity index (χ0n) is 13.5. The van der Waals surface area contributed by atoms with Crippen LogP contribution >= 0.6 is 0 Å². The Morgan fingerprint density at radius 1 is 1.04 bits per heavy atom. The number of rotatable bonds is 4. The fraction of sp³-hybridized carbons (Fsp3) is 0.0588. The molecule has 1 aromatic heterocycles. The lowest BCUT2D eigenvalue weighted by Gasteiger charge is -2.09. The summed E-state index contributed by atoms with van der Waals surface area (Å²) in [6.45, 7) is 1.86.